The van der Waals surface area contributed by atoms with E-state index in [0.29, 0.717) is 12.3 Å². The number of rotatable bonds is 6. The average molecular weight is 329 g/mol. The molecule has 1 aliphatic rings. The third-order valence-electron chi connectivity index (χ3n) is 4.40. The lowest BCUT2D eigenvalue weighted by atomic mass is 9.98. The molecule has 0 spiro atoms. The van der Waals surface area contributed by atoms with Crippen molar-refractivity contribution in [2.24, 2.45) is 4.99 Å². The van der Waals surface area contributed by atoms with Crippen molar-refractivity contribution in [2.75, 3.05) is 19.6 Å². The summed E-state index contributed by atoms with van der Waals surface area (Å²) in [5, 5.41) is 8.70. The van der Waals surface area contributed by atoms with Gasteiger partial charge in [0.05, 0.1) is 6.07 Å². The van der Waals surface area contributed by atoms with Gasteiger partial charge in [-0.25, -0.2) is 4.99 Å². The van der Waals surface area contributed by atoms with Gasteiger partial charge in [-0.15, -0.1) is 0 Å². The molecule has 1 fully saturated rings. The molecule has 0 atom stereocenters. The van der Waals surface area contributed by atoms with Crippen LogP contribution in [0.4, 0.5) is 0 Å². The summed E-state index contributed by atoms with van der Waals surface area (Å²) in [5.74, 6) is 0.680. The fourth-order valence-corrected chi connectivity index (χ4v) is 2.85. The minimum atomic E-state index is 0.168. The Labute approximate surface area is 147 Å². The molecular weight excluding hydrogens is 298 g/mol. The zero-order valence-electron chi connectivity index (χ0n) is 15.9. The van der Waals surface area contributed by atoms with Crippen LogP contribution in [0.2, 0.25) is 0 Å². The van der Waals surface area contributed by atoms with Crippen molar-refractivity contribution >= 4 is 5.90 Å². The molecular formula is C20H31N3O. The number of allylic oxidation sites excluding steroid dienone is 2. The first-order valence-electron chi connectivity index (χ1n) is 8.67. The van der Waals surface area contributed by atoms with Crippen LogP contribution >= 0.6 is 0 Å². The van der Waals surface area contributed by atoms with Crippen LogP contribution in [0, 0.1) is 11.3 Å². The largest absolute Gasteiger partial charge is 0.474 e. The van der Waals surface area contributed by atoms with Gasteiger partial charge >= 0.3 is 0 Å². The third kappa shape index (κ3) is 5.98. The number of aliphatic imine (C=N–C) groups is 1. The van der Waals surface area contributed by atoms with Gasteiger partial charge in [0.1, 0.15) is 6.10 Å². The van der Waals surface area contributed by atoms with Gasteiger partial charge in [0.15, 0.2) is 0 Å². The van der Waals surface area contributed by atoms with Gasteiger partial charge in [-0.05, 0) is 53.0 Å². The summed E-state index contributed by atoms with van der Waals surface area (Å²) >= 11 is 0. The molecule has 132 valence electrons. The van der Waals surface area contributed by atoms with E-state index in [4.69, 9.17) is 10.00 Å². The molecule has 0 amide bonds. The number of ether oxygens (including phenoxy) is 1. The molecule has 24 heavy (non-hydrogen) atoms. The van der Waals surface area contributed by atoms with Gasteiger partial charge < -0.3 is 9.64 Å². The van der Waals surface area contributed by atoms with Crippen molar-refractivity contribution in [1.82, 2.24) is 4.90 Å². The molecule has 1 saturated heterocycles. The SMILES string of the molecule is C=CN=C(OC1CCN(CCC#N)CC1)C(=C(C)C)C(C)=C(C)C. The van der Waals surface area contributed by atoms with Gasteiger partial charge in [-0.3, -0.25) is 0 Å². The van der Waals surface area contributed by atoms with Crippen LogP contribution in [0.5, 0.6) is 0 Å². The molecule has 1 aliphatic heterocycles. The van der Waals surface area contributed by atoms with Gasteiger partial charge in [-0.1, -0.05) is 17.7 Å². The molecule has 0 radical (unpaired) electrons. The summed E-state index contributed by atoms with van der Waals surface area (Å²) < 4.78 is 6.27. The molecule has 1 rings (SSSR count). The highest BCUT2D eigenvalue weighted by Gasteiger charge is 2.23. The predicted octanol–water partition coefficient (Wildman–Crippen LogP) is 4.62. The highest BCUT2D eigenvalue weighted by Crippen LogP contribution is 2.24. The Morgan fingerprint density at radius 1 is 1.21 bits per heavy atom. The minimum Gasteiger partial charge on any atom is -0.474 e. The Balaban J connectivity index is 2.84. The minimum absolute atomic E-state index is 0.168. The van der Waals surface area contributed by atoms with Gasteiger partial charge in [0, 0.05) is 37.8 Å². The highest BCUT2D eigenvalue weighted by molar-refractivity contribution is 5.99. The number of piperidine rings is 1. The number of nitriles is 1. The van der Waals surface area contributed by atoms with Crippen LogP contribution in [0.1, 0.15) is 53.9 Å². The van der Waals surface area contributed by atoms with Crippen molar-refractivity contribution in [3.8, 4) is 6.07 Å². The van der Waals surface area contributed by atoms with Crippen molar-refractivity contribution in [3.63, 3.8) is 0 Å². The number of hydrogen-bond acceptors (Lipinski definition) is 4. The molecule has 1 heterocycles. The van der Waals surface area contributed by atoms with E-state index in [9.17, 15) is 0 Å². The molecule has 0 aromatic rings. The Morgan fingerprint density at radius 2 is 1.83 bits per heavy atom. The topological polar surface area (TPSA) is 48.6 Å². The maximum atomic E-state index is 8.70. The van der Waals surface area contributed by atoms with Gasteiger partial charge in [0.2, 0.25) is 5.90 Å². The van der Waals surface area contributed by atoms with E-state index in [2.05, 4.69) is 57.2 Å². The van der Waals surface area contributed by atoms with Crippen molar-refractivity contribution in [1.29, 1.82) is 5.26 Å². The smallest absolute Gasteiger partial charge is 0.221 e. The van der Waals surface area contributed by atoms with E-state index in [-0.39, 0.29) is 6.10 Å². The van der Waals surface area contributed by atoms with E-state index < -0.39 is 0 Å². The predicted molar refractivity (Wildman–Crippen MR) is 101 cm³/mol. The van der Waals surface area contributed by atoms with Crippen LogP contribution in [-0.2, 0) is 4.74 Å². The maximum Gasteiger partial charge on any atom is 0.221 e. The first-order chi connectivity index (χ1) is 11.4. The molecule has 0 unspecified atom stereocenters. The quantitative estimate of drug-likeness (QED) is 0.406. The van der Waals surface area contributed by atoms with E-state index in [1.165, 1.54) is 16.7 Å². The van der Waals surface area contributed by atoms with Crippen LogP contribution in [0.15, 0.2) is 40.1 Å². The fourth-order valence-electron chi connectivity index (χ4n) is 2.85. The Kier molecular flexibility index (Phi) is 8.49. The third-order valence-corrected chi connectivity index (χ3v) is 4.40. The Morgan fingerprint density at radius 3 is 2.29 bits per heavy atom. The first kappa shape index (κ1) is 20.2. The van der Waals surface area contributed by atoms with E-state index in [1.807, 2.05) is 0 Å². The molecule has 0 N–H and O–H groups in total. The van der Waals surface area contributed by atoms with Gasteiger partial charge in [-0.2, -0.15) is 5.26 Å². The van der Waals surface area contributed by atoms with Crippen LogP contribution in [0.3, 0.4) is 0 Å². The second-order valence-corrected chi connectivity index (χ2v) is 6.68. The summed E-state index contributed by atoms with van der Waals surface area (Å²) in [6.45, 7) is 17.1. The number of nitrogens with zero attached hydrogens (tertiary/aromatic N) is 3. The van der Waals surface area contributed by atoms with E-state index in [0.717, 1.165) is 38.0 Å². The number of likely N-dealkylation sites (tertiary alicyclic amines) is 1. The molecule has 4 heteroatoms. The maximum absolute atomic E-state index is 8.70. The summed E-state index contributed by atoms with van der Waals surface area (Å²) in [5.41, 5.74) is 4.75. The molecule has 0 saturated carbocycles. The molecule has 4 nitrogen and oxygen atoms in total. The second kappa shape index (κ2) is 10.1. The summed E-state index contributed by atoms with van der Waals surface area (Å²) in [6, 6.07) is 2.21. The molecule has 0 aliphatic carbocycles. The zero-order chi connectivity index (χ0) is 18.1. The Bertz CT molecular complexity index is 562. The lowest BCUT2D eigenvalue weighted by Crippen LogP contribution is -2.38. The van der Waals surface area contributed by atoms with Crippen LogP contribution < -0.4 is 0 Å². The monoisotopic (exact) mass is 329 g/mol. The first-order valence-corrected chi connectivity index (χ1v) is 8.67. The molecule has 0 bridgehead atoms. The van der Waals surface area contributed by atoms with E-state index >= 15 is 0 Å². The summed E-state index contributed by atoms with van der Waals surface area (Å²) in [7, 11) is 0. The number of hydrogen-bond donors (Lipinski definition) is 0. The normalized spacial score (nSPS) is 16.2. The standard InChI is InChI=1S/C20H31N3O/c1-7-22-20(19(16(4)5)17(6)15(2)3)24-18-9-13-23(14-10-18)12-8-11-21/h7,18H,1,8-10,12-14H2,2-6H3. The fraction of sp³-hybridized carbons (Fsp3) is 0.600. The highest BCUT2D eigenvalue weighted by atomic mass is 16.5. The van der Waals surface area contributed by atoms with Gasteiger partial charge in [0.25, 0.3) is 0 Å². The lowest BCUT2D eigenvalue weighted by Gasteiger charge is -2.32. The summed E-state index contributed by atoms with van der Waals surface area (Å²) in [4.78, 5) is 6.75. The second-order valence-electron chi connectivity index (χ2n) is 6.68. The van der Waals surface area contributed by atoms with Crippen molar-refractivity contribution < 1.29 is 4.74 Å². The summed E-state index contributed by atoms with van der Waals surface area (Å²) in [6.07, 6.45) is 4.24. The zero-order valence-corrected chi connectivity index (χ0v) is 15.9. The van der Waals surface area contributed by atoms with E-state index in [1.54, 1.807) is 6.20 Å². The Hall–Kier alpha value is -1.86. The van der Waals surface area contributed by atoms with Crippen LogP contribution in [0.25, 0.3) is 0 Å². The average Bonchev–Trinajstić information content (AvgIpc) is 2.54. The van der Waals surface area contributed by atoms with Crippen molar-refractivity contribution in [3.05, 3.63) is 35.1 Å². The lowest BCUT2D eigenvalue weighted by molar-refractivity contribution is 0.0936. The van der Waals surface area contributed by atoms with Crippen molar-refractivity contribution in [2.45, 2.75) is 60.0 Å². The molecule has 0 aromatic heterocycles. The molecule has 0 aromatic carbocycles. The van der Waals surface area contributed by atoms with Crippen LogP contribution in [-0.4, -0.2) is 36.5 Å².